The molecule has 0 spiro atoms. The van der Waals surface area contributed by atoms with Gasteiger partial charge in [0.15, 0.2) is 0 Å². The van der Waals surface area contributed by atoms with E-state index in [1.165, 1.54) is 57.8 Å². The second-order valence-electron chi connectivity index (χ2n) is 13.3. The SMILES string of the molecule is CCCC1CCCC(NC(=O)CC(CC(=O)NC2CCCC(CCC)C2)C(=O)NC2CCCC(CCC)C2)C1. The Morgan fingerprint density at radius 1 is 0.564 bits per heavy atom. The van der Waals surface area contributed by atoms with Crippen molar-refractivity contribution < 1.29 is 14.4 Å². The number of amides is 3. The molecule has 6 unspecified atom stereocenters. The molecule has 6 heteroatoms. The lowest BCUT2D eigenvalue weighted by molar-refractivity contribution is -0.134. The van der Waals surface area contributed by atoms with Gasteiger partial charge in [0.05, 0.1) is 5.92 Å². The summed E-state index contributed by atoms with van der Waals surface area (Å²) >= 11 is 0. The molecule has 0 heterocycles. The van der Waals surface area contributed by atoms with Crippen molar-refractivity contribution in [3.63, 3.8) is 0 Å². The Morgan fingerprint density at radius 3 is 1.28 bits per heavy atom. The lowest BCUT2D eigenvalue weighted by Crippen LogP contribution is -2.46. The fourth-order valence-electron chi connectivity index (χ4n) is 7.87. The van der Waals surface area contributed by atoms with Gasteiger partial charge in [-0.05, 0) is 56.3 Å². The molecule has 3 rings (SSSR count). The van der Waals surface area contributed by atoms with Gasteiger partial charge in [0.2, 0.25) is 17.7 Å². The number of nitrogens with one attached hydrogen (secondary N) is 3. The van der Waals surface area contributed by atoms with Crippen LogP contribution in [0.5, 0.6) is 0 Å². The van der Waals surface area contributed by atoms with Crippen LogP contribution < -0.4 is 16.0 Å². The topological polar surface area (TPSA) is 87.3 Å². The van der Waals surface area contributed by atoms with Gasteiger partial charge in [-0.2, -0.15) is 0 Å². The quantitative estimate of drug-likeness (QED) is 0.224. The molecule has 0 saturated heterocycles. The highest BCUT2D eigenvalue weighted by atomic mass is 16.2. The summed E-state index contributed by atoms with van der Waals surface area (Å²) in [5.74, 6) is 1.19. The van der Waals surface area contributed by atoms with Crippen molar-refractivity contribution in [1.82, 2.24) is 16.0 Å². The average Bonchev–Trinajstić information content (AvgIpc) is 2.89. The van der Waals surface area contributed by atoms with Crippen LogP contribution in [0.15, 0.2) is 0 Å². The van der Waals surface area contributed by atoms with Crippen LogP contribution in [0, 0.1) is 23.7 Å². The molecule has 3 saturated carbocycles. The minimum absolute atomic E-state index is 0.0710. The molecule has 0 aromatic rings. The second-order valence-corrected chi connectivity index (χ2v) is 13.3. The summed E-state index contributed by atoms with van der Waals surface area (Å²) in [5, 5.41) is 9.76. The van der Waals surface area contributed by atoms with E-state index in [1.807, 2.05) is 0 Å². The largest absolute Gasteiger partial charge is 0.353 e. The zero-order valence-corrected chi connectivity index (χ0v) is 25.4. The van der Waals surface area contributed by atoms with Gasteiger partial charge in [-0.25, -0.2) is 0 Å². The van der Waals surface area contributed by atoms with E-state index in [2.05, 4.69) is 36.7 Å². The molecule has 3 amide bonds. The second kappa shape index (κ2) is 17.3. The third-order valence-corrected chi connectivity index (χ3v) is 9.75. The molecule has 3 aliphatic carbocycles. The van der Waals surface area contributed by atoms with Crippen LogP contribution in [0.1, 0.15) is 149 Å². The minimum Gasteiger partial charge on any atom is -0.353 e. The zero-order chi connectivity index (χ0) is 28.0. The molecule has 0 radical (unpaired) electrons. The number of hydrogen-bond acceptors (Lipinski definition) is 3. The molecule has 39 heavy (non-hydrogen) atoms. The van der Waals surface area contributed by atoms with E-state index < -0.39 is 5.92 Å². The summed E-state index contributed by atoms with van der Waals surface area (Å²) in [4.78, 5) is 39.9. The fraction of sp³-hybridized carbons (Fsp3) is 0.909. The average molecular weight is 546 g/mol. The fourth-order valence-corrected chi connectivity index (χ4v) is 7.87. The summed E-state index contributed by atoms with van der Waals surface area (Å²) in [6, 6.07) is 0.565. The highest BCUT2D eigenvalue weighted by Crippen LogP contribution is 2.30. The number of carbonyl (C=O) groups excluding carboxylic acids is 3. The van der Waals surface area contributed by atoms with Gasteiger partial charge in [0.1, 0.15) is 0 Å². The van der Waals surface area contributed by atoms with Crippen LogP contribution in [0.2, 0.25) is 0 Å². The maximum atomic E-state index is 13.5. The van der Waals surface area contributed by atoms with E-state index >= 15 is 0 Å². The smallest absolute Gasteiger partial charge is 0.224 e. The Labute approximate surface area is 239 Å². The predicted molar refractivity (Wildman–Crippen MR) is 159 cm³/mol. The van der Waals surface area contributed by atoms with Crippen molar-refractivity contribution in [3.05, 3.63) is 0 Å². The van der Waals surface area contributed by atoms with Gasteiger partial charge < -0.3 is 16.0 Å². The van der Waals surface area contributed by atoms with Crippen LogP contribution in [0.3, 0.4) is 0 Å². The molecule has 3 N–H and O–H groups in total. The summed E-state index contributed by atoms with van der Waals surface area (Å²) in [5.41, 5.74) is 0. The highest BCUT2D eigenvalue weighted by molar-refractivity contribution is 5.90. The van der Waals surface area contributed by atoms with Crippen LogP contribution in [0.25, 0.3) is 0 Å². The van der Waals surface area contributed by atoms with Crippen molar-refractivity contribution in [2.45, 2.75) is 167 Å². The summed E-state index contributed by atoms with van der Waals surface area (Å²) < 4.78 is 0. The monoisotopic (exact) mass is 545 g/mol. The van der Waals surface area contributed by atoms with Crippen LogP contribution >= 0.6 is 0 Å². The molecule has 0 bridgehead atoms. The van der Waals surface area contributed by atoms with Crippen molar-refractivity contribution in [3.8, 4) is 0 Å². The van der Waals surface area contributed by atoms with E-state index in [-0.39, 0.29) is 48.7 Å². The van der Waals surface area contributed by atoms with Crippen molar-refractivity contribution >= 4 is 17.7 Å². The Kier molecular flexibility index (Phi) is 14.1. The van der Waals surface area contributed by atoms with Crippen molar-refractivity contribution in [1.29, 1.82) is 0 Å². The van der Waals surface area contributed by atoms with Gasteiger partial charge in [-0.3, -0.25) is 14.4 Å². The van der Waals surface area contributed by atoms with E-state index in [0.717, 1.165) is 57.8 Å². The van der Waals surface area contributed by atoms with E-state index in [0.29, 0.717) is 17.8 Å². The predicted octanol–water partition coefficient (Wildman–Crippen LogP) is 6.81. The molecular formula is C33H59N3O3. The van der Waals surface area contributed by atoms with Crippen LogP contribution in [0.4, 0.5) is 0 Å². The standard InChI is InChI=1S/C33H59N3O3/c1-4-10-24-13-7-16-28(19-24)34-31(37)22-27(33(39)36-30-18-9-15-26(21-30)12-6-3)23-32(38)35-29-17-8-14-25(20-29)11-5-2/h24-30H,4-23H2,1-3H3,(H,34,37)(H,35,38)(H,36,39). The molecule has 0 aromatic carbocycles. The highest BCUT2D eigenvalue weighted by Gasteiger charge is 2.31. The van der Waals surface area contributed by atoms with E-state index in [4.69, 9.17) is 0 Å². The maximum absolute atomic E-state index is 13.5. The molecule has 6 nitrogen and oxygen atoms in total. The number of hydrogen-bond donors (Lipinski definition) is 3. The first kappa shape index (κ1) is 31.9. The number of carbonyl (C=O) groups is 3. The zero-order valence-electron chi connectivity index (χ0n) is 25.4. The Hall–Kier alpha value is -1.59. The molecular weight excluding hydrogens is 486 g/mol. The summed E-state index contributed by atoms with van der Waals surface area (Å²) in [6.07, 6.45) is 20.7. The van der Waals surface area contributed by atoms with Crippen molar-refractivity contribution in [2.24, 2.45) is 23.7 Å². The Balaban J connectivity index is 1.58. The third-order valence-electron chi connectivity index (χ3n) is 9.75. The summed E-state index contributed by atoms with van der Waals surface area (Å²) in [7, 11) is 0. The maximum Gasteiger partial charge on any atom is 0.224 e. The molecule has 6 atom stereocenters. The number of rotatable bonds is 14. The molecule has 0 aromatic heterocycles. The molecule has 3 fully saturated rings. The van der Waals surface area contributed by atoms with Crippen molar-refractivity contribution in [2.75, 3.05) is 0 Å². The first-order valence-corrected chi connectivity index (χ1v) is 16.8. The van der Waals surface area contributed by atoms with Crippen LogP contribution in [-0.2, 0) is 14.4 Å². The molecule has 224 valence electrons. The first-order valence-electron chi connectivity index (χ1n) is 16.8. The van der Waals surface area contributed by atoms with Gasteiger partial charge >= 0.3 is 0 Å². The van der Waals surface area contributed by atoms with E-state index in [9.17, 15) is 14.4 Å². The lowest BCUT2D eigenvalue weighted by atomic mass is 9.82. The van der Waals surface area contributed by atoms with Gasteiger partial charge in [-0.15, -0.1) is 0 Å². The Bertz CT molecular complexity index is 708. The molecule has 0 aliphatic heterocycles. The van der Waals surface area contributed by atoms with Gasteiger partial charge in [0.25, 0.3) is 0 Å². The minimum atomic E-state index is -0.610. The first-order chi connectivity index (χ1) is 18.9. The molecule has 3 aliphatic rings. The van der Waals surface area contributed by atoms with Gasteiger partial charge in [-0.1, -0.05) is 97.8 Å². The third kappa shape index (κ3) is 11.4. The lowest BCUT2D eigenvalue weighted by Gasteiger charge is -2.32. The van der Waals surface area contributed by atoms with Crippen LogP contribution in [-0.4, -0.2) is 35.8 Å². The normalized spacial score (nSPS) is 30.2. The van der Waals surface area contributed by atoms with Gasteiger partial charge in [0, 0.05) is 31.0 Å². The Morgan fingerprint density at radius 2 is 0.923 bits per heavy atom. The van der Waals surface area contributed by atoms with E-state index in [1.54, 1.807) is 0 Å². The summed E-state index contributed by atoms with van der Waals surface area (Å²) in [6.45, 7) is 6.68.